The van der Waals surface area contributed by atoms with Crippen molar-refractivity contribution < 1.29 is 4.79 Å². The van der Waals surface area contributed by atoms with Gasteiger partial charge in [0.15, 0.2) is 0 Å². The predicted octanol–water partition coefficient (Wildman–Crippen LogP) is 2.57. The summed E-state index contributed by atoms with van der Waals surface area (Å²) < 4.78 is 0. The van der Waals surface area contributed by atoms with Gasteiger partial charge in [0.2, 0.25) is 5.91 Å². The van der Waals surface area contributed by atoms with E-state index in [4.69, 9.17) is 0 Å². The van der Waals surface area contributed by atoms with Crippen molar-refractivity contribution in [3.8, 4) is 0 Å². The van der Waals surface area contributed by atoms with Crippen LogP contribution in [0.25, 0.3) is 0 Å². The molecule has 1 unspecified atom stereocenters. The number of anilines is 2. The summed E-state index contributed by atoms with van der Waals surface area (Å²) in [5, 5.41) is 0. The summed E-state index contributed by atoms with van der Waals surface area (Å²) in [7, 11) is 0. The molecule has 0 bridgehead atoms. The number of nitrogens with zero attached hydrogens (tertiary/aromatic N) is 2. The Morgan fingerprint density at radius 3 is 2.47 bits per heavy atom. The minimum absolute atomic E-state index is 0.241. The van der Waals surface area contributed by atoms with E-state index in [1.807, 2.05) is 11.0 Å². The topological polar surface area (TPSA) is 23.6 Å². The summed E-state index contributed by atoms with van der Waals surface area (Å²) in [4.78, 5) is 16.5. The lowest BCUT2D eigenvalue weighted by Gasteiger charge is -2.26. The van der Waals surface area contributed by atoms with E-state index in [9.17, 15) is 4.79 Å². The summed E-state index contributed by atoms with van der Waals surface area (Å²) in [6.07, 6.45) is 3.14. The Kier molecular flexibility index (Phi) is 3.69. The summed E-state index contributed by atoms with van der Waals surface area (Å²) in [6, 6.07) is 8.30. The minimum atomic E-state index is 0.241. The Labute approximate surface area is 120 Å². The van der Waals surface area contributed by atoms with E-state index in [1.165, 1.54) is 18.5 Å². The molecule has 2 aliphatic heterocycles. The van der Waals surface area contributed by atoms with E-state index in [-0.39, 0.29) is 5.91 Å². The van der Waals surface area contributed by atoms with Crippen molar-refractivity contribution in [2.45, 2.75) is 19.3 Å². The molecule has 3 nitrogen and oxygen atoms in total. The Balaban J connectivity index is 1.90. The average Bonchev–Trinajstić information content (AvgIpc) is 3.08. The largest absolute Gasteiger partial charge is 0.370 e. The molecule has 0 saturated carbocycles. The fourth-order valence-electron chi connectivity index (χ4n) is 3.05. The quantitative estimate of drug-likeness (QED) is 0.858. The number of carbonyl (C=O) groups is 1. The molecule has 2 fully saturated rings. The van der Waals surface area contributed by atoms with Crippen molar-refractivity contribution in [2.75, 3.05) is 35.2 Å². The fourth-order valence-corrected chi connectivity index (χ4v) is 3.30. The van der Waals surface area contributed by atoms with Gasteiger partial charge >= 0.3 is 0 Å². The molecule has 102 valence electrons. The van der Waals surface area contributed by atoms with Crippen molar-refractivity contribution in [1.82, 2.24) is 0 Å². The van der Waals surface area contributed by atoms with Gasteiger partial charge in [0.05, 0.1) is 11.4 Å². The second kappa shape index (κ2) is 5.45. The van der Waals surface area contributed by atoms with Crippen LogP contribution in [-0.4, -0.2) is 31.3 Å². The third-order valence-electron chi connectivity index (χ3n) is 4.08. The molecular weight excluding hydrogens is 256 g/mol. The molecule has 0 radical (unpaired) electrons. The maximum Gasteiger partial charge on any atom is 0.227 e. The average molecular weight is 276 g/mol. The molecule has 3 rings (SSSR count). The molecule has 1 aromatic carbocycles. The van der Waals surface area contributed by atoms with Gasteiger partial charge in [0, 0.05) is 26.1 Å². The van der Waals surface area contributed by atoms with Crippen LogP contribution in [0.5, 0.6) is 0 Å². The van der Waals surface area contributed by atoms with E-state index in [2.05, 4.69) is 35.7 Å². The number of benzene rings is 1. The van der Waals surface area contributed by atoms with Gasteiger partial charge in [-0.1, -0.05) is 12.1 Å². The van der Waals surface area contributed by atoms with Gasteiger partial charge < -0.3 is 9.80 Å². The van der Waals surface area contributed by atoms with E-state index in [0.717, 1.165) is 31.1 Å². The zero-order chi connectivity index (χ0) is 13.2. The van der Waals surface area contributed by atoms with Gasteiger partial charge in [-0.25, -0.2) is 0 Å². The molecule has 0 N–H and O–H groups in total. The highest BCUT2D eigenvalue weighted by Crippen LogP contribution is 2.35. The fraction of sp³-hybridized carbons (Fsp3) is 0.533. The normalized spacial score (nSPS) is 23.4. The first kappa shape index (κ1) is 12.9. The van der Waals surface area contributed by atoms with E-state index in [0.29, 0.717) is 12.3 Å². The van der Waals surface area contributed by atoms with Crippen LogP contribution in [0.4, 0.5) is 11.4 Å². The number of thiol groups is 1. The zero-order valence-corrected chi connectivity index (χ0v) is 12.0. The minimum Gasteiger partial charge on any atom is -0.370 e. The van der Waals surface area contributed by atoms with Crippen molar-refractivity contribution in [3.05, 3.63) is 24.3 Å². The van der Waals surface area contributed by atoms with E-state index >= 15 is 0 Å². The summed E-state index contributed by atoms with van der Waals surface area (Å²) in [5.74, 6) is 1.42. The molecule has 4 heteroatoms. The molecule has 2 aliphatic rings. The highest BCUT2D eigenvalue weighted by molar-refractivity contribution is 7.80. The molecule has 0 aliphatic carbocycles. The lowest BCUT2D eigenvalue weighted by atomic mass is 10.1. The van der Waals surface area contributed by atoms with Gasteiger partial charge in [-0.2, -0.15) is 12.6 Å². The van der Waals surface area contributed by atoms with Crippen LogP contribution < -0.4 is 9.80 Å². The predicted molar refractivity (Wildman–Crippen MR) is 82.2 cm³/mol. The van der Waals surface area contributed by atoms with Crippen molar-refractivity contribution in [1.29, 1.82) is 0 Å². The number of amides is 1. The number of hydrogen-bond acceptors (Lipinski definition) is 3. The van der Waals surface area contributed by atoms with Crippen LogP contribution in [0, 0.1) is 5.92 Å². The lowest BCUT2D eigenvalue weighted by molar-refractivity contribution is -0.117. The maximum absolute atomic E-state index is 12.2. The van der Waals surface area contributed by atoms with Crippen LogP contribution in [0.1, 0.15) is 19.3 Å². The second-order valence-electron chi connectivity index (χ2n) is 5.44. The Hall–Kier alpha value is -1.16. The van der Waals surface area contributed by atoms with Crippen molar-refractivity contribution in [3.63, 3.8) is 0 Å². The molecule has 19 heavy (non-hydrogen) atoms. The van der Waals surface area contributed by atoms with Crippen molar-refractivity contribution in [2.24, 2.45) is 5.92 Å². The maximum atomic E-state index is 12.2. The Morgan fingerprint density at radius 1 is 1.16 bits per heavy atom. The zero-order valence-electron chi connectivity index (χ0n) is 11.1. The number of hydrogen-bond donors (Lipinski definition) is 1. The van der Waals surface area contributed by atoms with Gasteiger partial charge in [0.25, 0.3) is 0 Å². The molecular formula is C15H20N2OS. The number of carbonyl (C=O) groups excluding carboxylic acids is 1. The van der Waals surface area contributed by atoms with Crippen LogP contribution in [0.3, 0.4) is 0 Å². The summed E-state index contributed by atoms with van der Waals surface area (Å²) in [6.45, 7) is 3.03. The molecule has 1 amide bonds. The van der Waals surface area contributed by atoms with E-state index < -0.39 is 0 Å². The molecule has 1 aromatic rings. The first-order valence-electron chi connectivity index (χ1n) is 7.05. The molecule has 2 heterocycles. The van der Waals surface area contributed by atoms with E-state index in [1.54, 1.807) is 0 Å². The van der Waals surface area contributed by atoms with Crippen LogP contribution >= 0.6 is 12.6 Å². The number of para-hydroxylation sites is 2. The molecule has 1 atom stereocenters. The third-order valence-corrected chi connectivity index (χ3v) is 4.60. The highest BCUT2D eigenvalue weighted by atomic mass is 32.1. The lowest BCUT2D eigenvalue weighted by Crippen LogP contribution is -2.28. The highest BCUT2D eigenvalue weighted by Gasteiger charge is 2.31. The first-order chi connectivity index (χ1) is 9.29. The first-order valence-corrected chi connectivity index (χ1v) is 7.68. The van der Waals surface area contributed by atoms with Crippen LogP contribution in [0.15, 0.2) is 24.3 Å². The molecule has 2 saturated heterocycles. The monoisotopic (exact) mass is 276 g/mol. The second-order valence-corrected chi connectivity index (χ2v) is 5.81. The smallest absolute Gasteiger partial charge is 0.227 e. The van der Waals surface area contributed by atoms with Gasteiger partial charge in [0.1, 0.15) is 0 Å². The summed E-state index contributed by atoms with van der Waals surface area (Å²) >= 11 is 4.33. The van der Waals surface area contributed by atoms with Crippen LogP contribution in [0.2, 0.25) is 0 Å². The van der Waals surface area contributed by atoms with Crippen LogP contribution in [-0.2, 0) is 4.79 Å². The Bertz CT molecular complexity index is 471. The van der Waals surface area contributed by atoms with Gasteiger partial charge in [-0.15, -0.1) is 0 Å². The summed E-state index contributed by atoms with van der Waals surface area (Å²) in [5.41, 5.74) is 2.30. The standard InChI is InChI=1S/C15H20N2OS/c18-15-9-12(11-19)10-17(15)14-6-2-1-5-13(14)16-7-3-4-8-16/h1-2,5-6,12,19H,3-4,7-11H2. The van der Waals surface area contributed by atoms with Crippen molar-refractivity contribution >= 4 is 29.9 Å². The number of rotatable bonds is 3. The molecule has 0 aromatic heterocycles. The Morgan fingerprint density at radius 2 is 1.84 bits per heavy atom. The third kappa shape index (κ3) is 2.46. The SMILES string of the molecule is O=C1CC(CS)CN1c1ccccc1N1CCCC1. The van der Waals surface area contributed by atoms with Gasteiger partial charge in [-0.05, 0) is 36.6 Å². The molecule has 0 spiro atoms. The van der Waals surface area contributed by atoms with Gasteiger partial charge in [-0.3, -0.25) is 4.79 Å².